The zero-order chi connectivity index (χ0) is 20.2. The maximum absolute atomic E-state index is 12.3. The van der Waals surface area contributed by atoms with Gasteiger partial charge in [-0.2, -0.15) is 0 Å². The summed E-state index contributed by atoms with van der Waals surface area (Å²) in [6.45, 7) is 5.23. The molecule has 152 valence electrons. The fourth-order valence-electron chi connectivity index (χ4n) is 3.77. The SMILES string of the molecule is CSc1cccc(N2CCN(CCCON3C(=O)c4ccccc4C3=O)CC2)c1. The van der Waals surface area contributed by atoms with Crippen molar-refractivity contribution in [2.45, 2.75) is 11.3 Å². The van der Waals surface area contributed by atoms with Gasteiger partial charge in [-0.25, -0.2) is 0 Å². The normalized spacial score (nSPS) is 17.1. The average Bonchev–Trinajstić information content (AvgIpc) is 3.02. The van der Waals surface area contributed by atoms with Crippen molar-refractivity contribution < 1.29 is 14.4 Å². The second-order valence-corrected chi connectivity index (χ2v) is 8.05. The lowest BCUT2D eigenvalue weighted by molar-refractivity contribution is -0.0930. The van der Waals surface area contributed by atoms with Crippen LogP contribution < -0.4 is 4.90 Å². The topological polar surface area (TPSA) is 53.1 Å². The van der Waals surface area contributed by atoms with E-state index in [1.54, 1.807) is 36.0 Å². The lowest BCUT2D eigenvalue weighted by Gasteiger charge is -2.36. The van der Waals surface area contributed by atoms with E-state index in [4.69, 9.17) is 4.84 Å². The van der Waals surface area contributed by atoms with Gasteiger partial charge in [0, 0.05) is 43.3 Å². The molecule has 2 aliphatic heterocycles. The number of piperazine rings is 1. The maximum atomic E-state index is 12.3. The van der Waals surface area contributed by atoms with Crippen molar-refractivity contribution in [1.29, 1.82) is 0 Å². The number of nitrogens with zero attached hydrogens (tertiary/aromatic N) is 3. The minimum atomic E-state index is -0.369. The fourth-order valence-corrected chi connectivity index (χ4v) is 4.22. The average molecular weight is 412 g/mol. The number of hydroxylamine groups is 2. The smallest absolute Gasteiger partial charge is 0.285 e. The number of rotatable bonds is 7. The summed E-state index contributed by atoms with van der Waals surface area (Å²) in [5.41, 5.74) is 2.11. The minimum Gasteiger partial charge on any atom is -0.369 e. The van der Waals surface area contributed by atoms with Gasteiger partial charge in [-0.05, 0) is 43.0 Å². The van der Waals surface area contributed by atoms with Crippen molar-refractivity contribution in [2.24, 2.45) is 0 Å². The Balaban J connectivity index is 1.20. The molecule has 0 spiro atoms. The van der Waals surface area contributed by atoms with E-state index < -0.39 is 0 Å². The van der Waals surface area contributed by atoms with Crippen molar-refractivity contribution in [3.05, 3.63) is 59.7 Å². The molecule has 6 nitrogen and oxygen atoms in total. The molecule has 2 aliphatic rings. The van der Waals surface area contributed by atoms with Crippen LogP contribution in [0.4, 0.5) is 5.69 Å². The van der Waals surface area contributed by atoms with Crippen LogP contribution in [0, 0.1) is 0 Å². The summed E-state index contributed by atoms with van der Waals surface area (Å²) < 4.78 is 0. The van der Waals surface area contributed by atoms with Crippen LogP contribution in [-0.2, 0) is 4.84 Å². The zero-order valence-corrected chi connectivity index (χ0v) is 17.4. The summed E-state index contributed by atoms with van der Waals surface area (Å²) in [6.07, 6.45) is 2.87. The third-order valence-electron chi connectivity index (χ3n) is 5.39. The van der Waals surface area contributed by atoms with Crippen molar-refractivity contribution in [3.8, 4) is 0 Å². The Morgan fingerprint density at radius 1 is 0.931 bits per heavy atom. The molecule has 0 saturated carbocycles. The predicted octanol–water partition coefficient (Wildman–Crippen LogP) is 3.15. The van der Waals surface area contributed by atoms with Gasteiger partial charge in [0.2, 0.25) is 0 Å². The second kappa shape index (κ2) is 8.98. The van der Waals surface area contributed by atoms with Gasteiger partial charge in [-0.3, -0.25) is 19.3 Å². The van der Waals surface area contributed by atoms with Gasteiger partial charge in [0.25, 0.3) is 11.8 Å². The molecule has 0 N–H and O–H groups in total. The number of carbonyl (C=O) groups excluding carboxylic acids is 2. The Kier molecular flexibility index (Phi) is 6.18. The van der Waals surface area contributed by atoms with Crippen molar-refractivity contribution >= 4 is 29.3 Å². The van der Waals surface area contributed by atoms with Crippen LogP contribution in [0.3, 0.4) is 0 Å². The molecular formula is C22H25N3O3S. The number of imide groups is 1. The van der Waals surface area contributed by atoms with Gasteiger partial charge < -0.3 is 4.90 Å². The molecule has 2 aromatic carbocycles. The van der Waals surface area contributed by atoms with Crippen LogP contribution >= 0.6 is 11.8 Å². The Hall–Kier alpha value is -2.35. The largest absolute Gasteiger partial charge is 0.369 e. The zero-order valence-electron chi connectivity index (χ0n) is 16.5. The van der Waals surface area contributed by atoms with Gasteiger partial charge in [0.15, 0.2) is 0 Å². The molecule has 29 heavy (non-hydrogen) atoms. The summed E-state index contributed by atoms with van der Waals surface area (Å²) >= 11 is 1.76. The Morgan fingerprint density at radius 2 is 1.62 bits per heavy atom. The fraction of sp³-hybridized carbons (Fsp3) is 0.364. The highest BCUT2D eigenvalue weighted by Crippen LogP contribution is 2.24. The van der Waals surface area contributed by atoms with Gasteiger partial charge >= 0.3 is 0 Å². The number of benzene rings is 2. The summed E-state index contributed by atoms with van der Waals surface area (Å²) in [6, 6.07) is 15.5. The second-order valence-electron chi connectivity index (χ2n) is 7.17. The van der Waals surface area contributed by atoms with Crippen LogP contribution in [0.1, 0.15) is 27.1 Å². The van der Waals surface area contributed by atoms with Crippen molar-refractivity contribution in [1.82, 2.24) is 9.96 Å². The third kappa shape index (κ3) is 4.32. The van der Waals surface area contributed by atoms with E-state index in [-0.39, 0.29) is 11.8 Å². The third-order valence-corrected chi connectivity index (χ3v) is 6.11. The molecule has 2 amide bonds. The van der Waals surface area contributed by atoms with E-state index in [1.807, 2.05) is 0 Å². The molecule has 1 saturated heterocycles. The highest BCUT2D eigenvalue weighted by atomic mass is 32.2. The lowest BCUT2D eigenvalue weighted by Crippen LogP contribution is -2.46. The van der Waals surface area contributed by atoms with Crippen molar-refractivity contribution in [3.63, 3.8) is 0 Å². The first kappa shape index (κ1) is 19.9. The number of carbonyl (C=O) groups is 2. The van der Waals surface area contributed by atoms with Crippen LogP contribution in [-0.4, -0.2) is 67.4 Å². The van der Waals surface area contributed by atoms with Crippen LogP contribution in [0.5, 0.6) is 0 Å². The first-order valence-electron chi connectivity index (χ1n) is 9.89. The molecule has 7 heteroatoms. The molecule has 1 fully saturated rings. The summed E-state index contributed by atoms with van der Waals surface area (Å²) in [5, 5.41) is 0.904. The van der Waals surface area contributed by atoms with Gasteiger partial charge in [-0.15, -0.1) is 16.8 Å². The number of fused-ring (bicyclic) bond motifs is 1. The number of hydrogen-bond donors (Lipinski definition) is 0. The first-order chi connectivity index (χ1) is 14.2. The van der Waals surface area contributed by atoms with E-state index in [2.05, 4.69) is 40.3 Å². The Bertz CT molecular complexity index is 861. The summed E-state index contributed by atoms with van der Waals surface area (Å²) in [7, 11) is 0. The maximum Gasteiger partial charge on any atom is 0.285 e. The molecule has 2 aromatic rings. The summed E-state index contributed by atoms with van der Waals surface area (Å²) in [4.78, 5) is 36.2. The van der Waals surface area contributed by atoms with E-state index >= 15 is 0 Å². The van der Waals surface area contributed by atoms with Gasteiger partial charge in [0.05, 0.1) is 17.7 Å². The molecule has 2 heterocycles. The predicted molar refractivity (Wildman–Crippen MR) is 114 cm³/mol. The highest BCUT2D eigenvalue weighted by Gasteiger charge is 2.36. The van der Waals surface area contributed by atoms with E-state index in [1.165, 1.54) is 10.6 Å². The lowest BCUT2D eigenvalue weighted by atomic mass is 10.1. The van der Waals surface area contributed by atoms with E-state index in [0.29, 0.717) is 17.7 Å². The Labute approximate surface area is 175 Å². The van der Waals surface area contributed by atoms with E-state index in [0.717, 1.165) is 44.2 Å². The molecule has 0 aliphatic carbocycles. The standard InChI is InChI=1S/C22H25N3O3S/c1-29-18-7-4-6-17(16-18)24-13-11-23(12-14-24)10-5-15-28-25-21(26)19-8-2-3-9-20(19)22(25)27/h2-4,6-9,16H,5,10-15H2,1H3. The molecular weight excluding hydrogens is 386 g/mol. The minimum absolute atomic E-state index is 0.349. The molecule has 0 unspecified atom stereocenters. The van der Waals surface area contributed by atoms with Crippen LogP contribution in [0.2, 0.25) is 0 Å². The molecule has 0 bridgehead atoms. The van der Waals surface area contributed by atoms with Crippen LogP contribution in [0.15, 0.2) is 53.4 Å². The van der Waals surface area contributed by atoms with Crippen LogP contribution in [0.25, 0.3) is 0 Å². The number of amides is 2. The molecule has 0 atom stereocenters. The molecule has 4 rings (SSSR count). The number of thioether (sulfide) groups is 1. The van der Waals surface area contributed by atoms with E-state index in [9.17, 15) is 9.59 Å². The van der Waals surface area contributed by atoms with Gasteiger partial charge in [-0.1, -0.05) is 18.2 Å². The Morgan fingerprint density at radius 3 is 2.28 bits per heavy atom. The quantitative estimate of drug-likeness (QED) is 0.396. The summed E-state index contributed by atoms with van der Waals surface area (Å²) in [5.74, 6) is -0.738. The molecule has 0 aromatic heterocycles. The monoisotopic (exact) mass is 411 g/mol. The number of anilines is 1. The van der Waals surface area contributed by atoms with Crippen molar-refractivity contribution in [2.75, 3.05) is 50.5 Å². The van der Waals surface area contributed by atoms with Gasteiger partial charge in [0.1, 0.15) is 0 Å². The highest BCUT2D eigenvalue weighted by molar-refractivity contribution is 7.98. The number of hydrogen-bond acceptors (Lipinski definition) is 6. The first-order valence-corrected chi connectivity index (χ1v) is 11.1. The molecule has 0 radical (unpaired) electrons.